The van der Waals surface area contributed by atoms with Gasteiger partial charge in [-0.1, -0.05) is 29.3 Å². The molecule has 2 aliphatic heterocycles. The number of imide groups is 1. The monoisotopic (exact) mass is 384 g/mol. The van der Waals surface area contributed by atoms with Gasteiger partial charge in [-0.05, 0) is 25.0 Å². The maximum Gasteiger partial charge on any atom is 0.257 e. The van der Waals surface area contributed by atoms with E-state index in [0.29, 0.717) is 13.2 Å². The molecule has 1 aromatic rings. The lowest BCUT2D eigenvalue weighted by Gasteiger charge is -2.28. The predicted octanol–water partition coefficient (Wildman–Crippen LogP) is 2.65. The molecule has 3 amide bonds. The molecule has 0 aromatic heterocycles. The van der Waals surface area contributed by atoms with Gasteiger partial charge in [0.25, 0.3) is 5.91 Å². The molecule has 3 rings (SSSR count). The minimum absolute atomic E-state index is 0.0906. The van der Waals surface area contributed by atoms with E-state index in [9.17, 15) is 14.4 Å². The van der Waals surface area contributed by atoms with Crippen molar-refractivity contribution in [1.82, 2.24) is 4.90 Å². The molecule has 2 heterocycles. The molecule has 2 atom stereocenters. The number of anilines is 1. The Hall–Kier alpha value is -1.63. The number of hydrogen-bond acceptors (Lipinski definition) is 4. The number of nitrogens with zero attached hydrogens (tertiary/aromatic N) is 2. The van der Waals surface area contributed by atoms with Crippen LogP contribution in [0.25, 0.3) is 0 Å². The molecule has 2 saturated heterocycles. The first-order valence-electron chi connectivity index (χ1n) is 8.09. The van der Waals surface area contributed by atoms with Crippen molar-refractivity contribution >= 4 is 46.6 Å². The van der Waals surface area contributed by atoms with Crippen LogP contribution < -0.4 is 4.90 Å². The summed E-state index contributed by atoms with van der Waals surface area (Å²) in [6.07, 6.45) is 1.56. The topological polar surface area (TPSA) is 66.9 Å². The summed E-state index contributed by atoms with van der Waals surface area (Å²) in [7, 11) is 0. The van der Waals surface area contributed by atoms with Crippen molar-refractivity contribution in [1.29, 1.82) is 0 Å². The van der Waals surface area contributed by atoms with Crippen LogP contribution in [0.2, 0.25) is 10.0 Å². The fourth-order valence-corrected chi connectivity index (χ4v) is 3.85. The average Bonchev–Trinajstić information content (AvgIpc) is 3.15. The molecule has 0 spiro atoms. The Bertz CT molecular complexity index is 698. The van der Waals surface area contributed by atoms with E-state index < -0.39 is 17.9 Å². The van der Waals surface area contributed by atoms with Crippen LogP contribution in [0.15, 0.2) is 18.2 Å². The van der Waals surface area contributed by atoms with Gasteiger partial charge in [0.15, 0.2) is 0 Å². The molecule has 134 valence electrons. The second kappa shape index (κ2) is 7.32. The van der Waals surface area contributed by atoms with Gasteiger partial charge < -0.3 is 9.64 Å². The van der Waals surface area contributed by atoms with Crippen molar-refractivity contribution in [2.75, 3.05) is 18.1 Å². The Labute approximate surface area is 155 Å². The number of halogens is 2. The number of carbonyl (C=O) groups is 3. The van der Waals surface area contributed by atoms with Crippen LogP contribution in [0.4, 0.5) is 5.69 Å². The molecule has 2 aliphatic rings. The van der Waals surface area contributed by atoms with Gasteiger partial charge in [0, 0.05) is 20.1 Å². The van der Waals surface area contributed by atoms with Gasteiger partial charge in [0.2, 0.25) is 11.8 Å². The lowest BCUT2D eigenvalue weighted by atomic mass is 10.1. The van der Waals surface area contributed by atoms with Gasteiger partial charge in [0.1, 0.15) is 6.04 Å². The zero-order valence-corrected chi connectivity index (χ0v) is 15.2. The first kappa shape index (κ1) is 18.2. The molecule has 0 radical (unpaired) electrons. The number of carbonyl (C=O) groups excluding carboxylic acids is 3. The van der Waals surface area contributed by atoms with Crippen molar-refractivity contribution < 1.29 is 19.1 Å². The molecule has 8 heteroatoms. The number of para-hydroxylation sites is 1. The summed E-state index contributed by atoms with van der Waals surface area (Å²) in [5.74, 6) is -1.19. The summed E-state index contributed by atoms with van der Waals surface area (Å²) in [6, 6.07) is 3.90. The number of rotatable bonds is 4. The van der Waals surface area contributed by atoms with Crippen LogP contribution in [0.1, 0.15) is 26.2 Å². The largest absolute Gasteiger partial charge is 0.376 e. The SMILES string of the molecule is CC(=O)N(CC1CCCO1)C1CC(=O)N(c2c(Cl)cccc2Cl)C1=O. The second-order valence-electron chi connectivity index (χ2n) is 6.16. The van der Waals surface area contributed by atoms with Crippen LogP contribution in [-0.2, 0) is 19.1 Å². The van der Waals surface area contributed by atoms with Crippen molar-refractivity contribution in [2.24, 2.45) is 0 Å². The van der Waals surface area contributed by atoms with Crippen molar-refractivity contribution in [3.8, 4) is 0 Å². The summed E-state index contributed by atoms with van der Waals surface area (Å²) in [5.41, 5.74) is 0.170. The van der Waals surface area contributed by atoms with E-state index in [-0.39, 0.29) is 34.2 Å². The third-order valence-corrected chi connectivity index (χ3v) is 5.10. The molecule has 1 aromatic carbocycles. The third kappa shape index (κ3) is 3.52. The molecular weight excluding hydrogens is 367 g/mol. The molecule has 0 aliphatic carbocycles. The Morgan fingerprint density at radius 1 is 1.32 bits per heavy atom. The highest BCUT2D eigenvalue weighted by atomic mass is 35.5. The van der Waals surface area contributed by atoms with Crippen molar-refractivity contribution in [2.45, 2.75) is 38.3 Å². The molecule has 2 unspecified atom stereocenters. The summed E-state index contributed by atoms with van der Waals surface area (Å²) in [4.78, 5) is 39.9. The van der Waals surface area contributed by atoms with Crippen molar-refractivity contribution in [3.05, 3.63) is 28.2 Å². The van der Waals surface area contributed by atoms with Crippen LogP contribution >= 0.6 is 23.2 Å². The van der Waals surface area contributed by atoms with Gasteiger partial charge >= 0.3 is 0 Å². The van der Waals surface area contributed by atoms with Crippen molar-refractivity contribution in [3.63, 3.8) is 0 Å². The lowest BCUT2D eigenvalue weighted by molar-refractivity contribution is -0.138. The van der Waals surface area contributed by atoms with Gasteiger partial charge in [0.05, 0.1) is 28.3 Å². The van der Waals surface area contributed by atoms with Gasteiger partial charge in [-0.2, -0.15) is 0 Å². The number of benzene rings is 1. The summed E-state index contributed by atoms with van der Waals surface area (Å²) >= 11 is 12.3. The highest BCUT2D eigenvalue weighted by Crippen LogP contribution is 2.37. The van der Waals surface area contributed by atoms with Crippen LogP contribution in [-0.4, -0.2) is 47.9 Å². The Balaban J connectivity index is 1.87. The Kier molecular flexibility index (Phi) is 5.32. The quantitative estimate of drug-likeness (QED) is 0.748. The molecule has 25 heavy (non-hydrogen) atoms. The first-order chi connectivity index (χ1) is 11.9. The van der Waals surface area contributed by atoms with E-state index >= 15 is 0 Å². The maximum absolute atomic E-state index is 12.9. The van der Waals surface area contributed by atoms with E-state index in [0.717, 1.165) is 17.7 Å². The van der Waals surface area contributed by atoms with Gasteiger partial charge in [-0.3, -0.25) is 14.4 Å². The van der Waals surface area contributed by atoms with Crippen LogP contribution in [0, 0.1) is 0 Å². The summed E-state index contributed by atoms with van der Waals surface area (Å²) in [6.45, 7) is 2.33. The van der Waals surface area contributed by atoms with E-state index in [1.807, 2.05) is 0 Å². The highest BCUT2D eigenvalue weighted by molar-refractivity contribution is 6.42. The first-order valence-corrected chi connectivity index (χ1v) is 8.85. The molecule has 0 bridgehead atoms. The fourth-order valence-electron chi connectivity index (χ4n) is 3.28. The standard InChI is InChI=1S/C17H18Cl2N2O4/c1-10(22)20(9-11-4-3-7-25-11)14-8-15(23)21(17(14)24)16-12(18)5-2-6-13(16)19/h2,5-6,11,14H,3-4,7-9H2,1H3. The highest BCUT2D eigenvalue weighted by Gasteiger charge is 2.45. The predicted molar refractivity (Wildman–Crippen MR) is 93.7 cm³/mol. The van der Waals surface area contributed by atoms with Crippen LogP contribution in [0.3, 0.4) is 0 Å². The van der Waals surface area contributed by atoms with E-state index in [1.54, 1.807) is 18.2 Å². The molecule has 0 saturated carbocycles. The molecule has 6 nitrogen and oxygen atoms in total. The smallest absolute Gasteiger partial charge is 0.257 e. The average molecular weight is 385 g/mol. The third-order valence-electron chi connectivity index (χ3n) is 4.49. The fraction of sp³-hybridized carbons (Fsp3) is 0.471. The zero-order chi connectivity index (χ0) is 18.1. The lowest BCUT2D eigenvalue weighted by Crippen LogP contribution is -2.47. The zero-order valence-electron chi connectivity index (χ0n) is 13.7. The number of amides is 3. The maximum atomic E-state index is 12.9. The summed E-state index contributed by atoms with van der Waals surface area (Å²) in [5, 5.41) is 0.423. The van der Waals surface area contributed by atoms with Gasteiger partial charge in [-0.25, -0.2) is 4.90 Å². The van der Waals surface area contributed by atoms with Gasteiger partial charge in [-0.15, -0.1) is 0 Å². The van der Waals surface area contributed by atoms with Crippen LogP contribution in [0.5, 0.6) is 0 Å². The second-order valence-corrected chi connectivity index (χ2v) is 6.98. The minimum atomic E-state index is -0.860. The van der Waals surface area contributed by atoms with E-state index in [1.165, 1.54) is 11.8 Å². The molecular formula is C17H18Cl2N2O4. The Morgan fingerprint density at radius 2 is 2.00 bits per heavy atom. The summed E-state index contributed by atoms with van der Waals surface area (Å²) < 4.78 is 5.56. The number of hydrogen-bond donors (Lipinski definition) is 0. The Morgan fingerprint density at radius 3 is 2.56 bits per heavy atom. The van der Waals surface area contributed by atoms with E-state index in [4.69, 9.17) is 27.9 Å². The number of ether oxygens (including phenoxy) is 1. The molecule has 0 N–H and O–H groups in total. The normalized spacial score (nSPS) is 23.4. The molecule has 2 fully saturated rings. The van der Waals surface area contributed by atoms with E-state index in [2.05, 4.69) is 0 Å². The minimum Gasteiger partial charge on any atom is -0.376 e.